The second-order valence-corrected chi connectivity index (χ2v) is 7.77. The lowest BCUT2D eigenvalue weighted by Gasteiger charge is -2.34. The van der Waals surface area contributed by atoms with Crippen LogP contribution in [0.15, 0.2) is 17.4 Å². The van der Waals surface area contributed by atoms with Gasteiger partial charge in [0.25, 0.3) is 0 Å². The lowest BCUT2D eigenvalue weighted by molar-refractivity contribution is -0.00803. The van der Waals surface area contributed by atoms with Gasteiger partial charge in [-0.15, -0.1) is 35.3 Å². The molecule has 1 aliphatic heterocycles. The van der Waals surface area contributed by atoms with E-state index in [2.05, 4.69) is 41.1 Å². The van der Waals surface area contributed by atoms with E-state index < -0.39 is 0 Å². The minimum absolute atomic E-state index is 0. The molecule has 1 unspecified atom stereocenters. The Morgan fingerprint density at radius 1 is 1.44 bits per heavy atom. The zero-order valence-corrected chi connectivity index (χ0v) is 19.6. The van der Waals surface area contributed by atoms with Gasteiger partial charge in [-0.3, -0.25) is 9.67 Å². The van der Waals surface area contributed by atoms with Gasteiger partial charge in [0.05, 0.1) is 30.1 Å². The topological polar surface area (TPSA) is 67.6 Å². The molecule has 0 saturated carbocycles. The molecule has 0 aromatic carbocycles. The molecule has 7 nitrogen and oxygen atoms in total. The monoisotopic (exact) mass is 504 g/mol. The first-order valence-electron chi connectivity index (χ1n) is 9.13. The second kappa shape index (κ2) is 10.4. The van der Waals surface area contributed by atoms with E-state index in [0.29, 0.717) is 6.61 Å². The third-order valence-corrected chi connectivity index (χ3v) is 5.53. The van der Waals surface area contributed by atoms with Crippen molar-refractivity contribution in [2.24, 2.45) is 12.0 Å². The highest BCUT2D eigenvalue weighted by atomic mass is 127. The van der Waals surface area contributed by atoms with Crippen molar-refractivity contribution in [3.05, 3.63) is 33.5 Å². The maximum Gasteiger partial charge on any atom is 0.194 e. The average Bonchev–Trinajstić information content (AvgIpc) is 3.19. The Morgan fingerprint density at radius 2 is 2.26 bits per heavy atom. The van der Waals surface area contributed by atoms with Crippen molar-refractivity contribution in [2.75, 3.05) is 32.8 Å². The number of aliphatic imine (C=N–C) groups is 1. The molecule has 1 atom stereocenters. The van der Waals surface area contributed by atoms with Gasteiger partial charge in [0.1, 0.15) is 6.10 Å². The Hall–Kier alpha value is -1.20. The van der Waals surface area contributed by atoms with Crippen molar-refractivity contribution < 1.29 is 4.74 Å². The summed E-state index contributed by atoms with van der Waals surface area (Å²) in [5, 5.41) is 8.81. The summed E-state index contributed by atoms with van der Waals surface area (Å²) in [4.78, 5) is 13.0. The molecule has 1 saturated heterocycles. The van der Waals surface area contributed by atoms with Crippen LogP contribution in [-0.4, -0.2) is 58.4 Å². The fourth-order valence-corrected chi connectivity index (χ4v) is 4.07. The molecule has 2 aromatic heterocycles. The summed E-state index contributed by atoms with van der Waals surface area (Å²) in [6.07, 6.45) is 4.87. The minimum Gasteiger partial charge on any atom is -0.370 e. The summed E-state index contributed by atoms with van der Waals surface area (Å²) in [7, 11) is 1.93. The SMILES string of the molecule is CCNC(=NCCc1sc(C)nc1C)N1CCOC(c2cnn(C)c2)C1.I. The molecule has 150 valence electrons. The summed E-state index contributed by atoms with van der Waals surface area (Å²) in [6, 6.07) is 0. The molecule has 1 fully saturated rings. The van der Waals surface area contributed by atoms with Gasteiger partial charge in [0.2, 0.25) is 0 Å². The molecule has 3 rings (SSSR count). The Bertz CT molecular complexity index is 759. The third-order valence-electron chi connectivity index (χ3n) is 4.40. The van der Waals surface area contributed by atoms with Gasteiger partial charge in [0.15, 0.2) is 5.96 Å². The lowest BCUT2D eigenvalue weighted by atomic mass is 10.1. The Morgan fingerprint density at radius 3 is 2.89 bits per heavy atom. The van der Waals surface area contributed by atoms with E-state index in [-0.39, 0.29) is 30.1 Å². The quantitative estimate of drug-likeness (QED) is 0.386. The summed E-state index contributed by atoms with van der Waals surface area (Å²) < 4.78 is 7.76. The molecule has 27 heavy (non-hydrogen) atoms. The van der Waals surface area contributed by atoms with Crippen LogP contribution >= 0.6 is 35.3 Å². The van der Waals surface area contributed by atoms with Crippen LogP contribution < -0.4 is 5.32 Å². The molecule has 3 heterocycles. The highest BCUT2D eigenvalue weighted by molar-refractivity contribution is 14.0. The van der Waals surface area contributed by atoms with Gasteiger partial charge < -0.3 is 15.0 Å². The summed E-state index contributed by atoms with van der Waals surface area (Å²) in [5.74, 6) is 0.962. The van der Waals surface area contributed by atoms with Gasteiger partial charge in [-0.2, -0.15) is 5.10 Å². The lowest BCUT2D eigenvalue weighted by Crippen LogP contribution is -2.48. The first kappa shape index (κ1) is 22.1. The normalized spacial score (nSPS) is 17.7. The highest BCUT2D eigenvalue weighted by Gasteiger charge is 2.25. The zero-order valence-electron chi connectivity index (χ0n) is 16.4. The smallest absolute Gasteiger partial charge is 0.194 e. The maximum atomic E-state index is 5.94. The number of thiazole rings is 1. The number of hydrogen-bond donors (Lipinski definition) is 1. The Balaban J connectivity index is 0.00000261. The fourth-order valence-electron chi connectivity index (χ4n) is 3.14. The summed E-state index contributed by atoms with van der Waals surface area (Å²) in [6.45, 7) is 10.2. The number of aromatic nitrogens is 3. The van der Waals surface area contributed by atoms with Gasteiger partial charge in [-0.05, 0) is 20.8 Å². The average molecular weight is 504 g/mol. The number of morpholine rings is 1. The molecule has 0 spiro atoms. The van der Waals surface area contributed by atoms with E-state index in [1.807, 2.05) is 24.1 Å². The fraction of sp³-hybridized carbons (Fsp3) is 0.611. The van der Waals surface area contributed by atoms with Crippen molar-refractivity contribution >= 4 is 41.3 Å². The second-order valence-electron chi connectivity index (χ2n) is 6.48. The summed E-state index contributed by atoms with van der Waals surface area (Å²) in [5.41, 5.74) is 2.25. The number of nitrogens with one attached hydrogen (secondary N) is 1. The predicted octanol–water partition coefficient (Wildman–Crippen LogP) is 2.69. The molecule has 1 N–H and O–H groups in total. The number of guanidine groups is 1. The molecule has 0 aliphatic carbocycles. The van der Waals surface area contributed by atoms with Crippen molar-refractivity contribution in [3.63, 3.8) is 0 Å². The number of hydrogen-bond acceptors (Lipinski definition) is 5. The van der Waals surface area contributed by atoms with Gasteiger partial charge in [-0.25, -0.2) is 4.98 Å². The third kappa shape index (κ3) is 5.89. The number of halogens is 1. The molecular formula is C18H29IN6OS. The van der Waals surface area contributed by atoms with Gasteiger partial charge in [0, 0.05) is 49.7 Å². The molecule has 0 amide bonds. The van der Waals surface area contributed by atoms with Crippen LogP contribution in [0.5, 0.6) is 0 Å². The van der Waals surface area contributed by atoms with Crippen molar-refractivity contribution in [1.29, 1.82) is 0 Å². The minimum atomic E-state index is 0. The number of aryl methyl sites for hydroxylation is 3. The van der Waals surface area contributed by atoms with Gasteiger partial charge >= 0.3 is 0 Å². The number of ether oxygens (including phenoxy) is 1. The van der Waals surface area contributed by atoms with E-state index in [1.54, 1.807) is 11.3 Å². The van der Waals surface area contributed by atoms with E-state index in [0.717, 1.165) is 54.8 Å². The number of rotatable bonds is 5. The Labute approximate surface area is 182 Å². The van der Waals surface area contributed by atoms with E-state index in [4.69, 9.17) is 9.73 Å². The van der Waals surface area contributed by atoms with Gasteiger partial charge in [-0.1, -0.05) is 0 Å². The van der Waals surface area contributed by atoms with Crippen LogP contribution in [0.4, 0.5) is 0 Å². The maximum absolute atomic E-state index is 5.94. The highest BCUT2D eigenvalue weighted by Crippen LogP contribution is 2.22. The van der Waals surface area contributed by atoms with Crippen molar-refractivity contribution in [2.45, 2.75) is 33.3 Å². The number of nitrogens with zero attached hydrogens (tertiary/aromatic N) is 5. The van der Waals surface area contributed by atoms with Crippen LogP contribution in [0.25, 0.3) is 0 Å². The van der Waals surface area contributed by atoms with Crippen LogP contribution in [-0.2, 0) is 18.2 Å². The predicted molar refractivity (Wildman–Crippen MR) is 120 cm³/mol. The zero-order chi connectivity index (χ0) is 18.5. The van der Waals surface area contributed by atoms with E-state index >= 15 is 0 Å². The van der Waals surface area contributed by atoms with Crippen LogP contribution in [0.3, 0.4) is 0 Å². The first-order valence-corrected chi connectivity index (χ1v) is 9.94. The summed E-state index contributed by atoms with van der Waals surface area (Å²) >= 11 is 1.77. The van der Waals surface area contributed by atoms with Crippen LogP contribution in [0.1, 0.15) is 34.2 Å². The van der Waals surface area contributed by atoms with Crippen LogP contribution in [0.2, 0.25) is 0 Å². The Kier molecular flexibility index (Phi) is 8.49. The van der Waals surface area contributed by atoms with Crippen molar-refractivity contribution in [1.82, 2.24) is 25.0 Å². The van der Waals surface area contributed by atoms with Crippen molar-refractivity contribution in [3.8, 4) is 0 Å². The standard InChI is InChI=1S/C18H28N6OS.HI/c1-5-19-18(20-7-6-17-13(2)22-14(3)26-17)24-8-9-25-16(12-24)15-10-21-23(4)11-15;/h10-11,16H,5-9,12H2,1-4H3,(H,19,20);1H. The largest absolute Gasteiger partial charge is 0.370 e. The van der Waals surface area contributed by atoms with E-state index in [9.17, 15) is 0 Å². The molecule has 0 radical (unpaired) electrons. The molecule has 1 aliphatic rings. The van der Waals surface area contributed by atoms with E-state index in [1.165, 1.54) is 4.88 Å². The molecule has 9 heteroatoms. The van der Waals surface area contributed by atoms with Crippen LogP contribution in [0, 0.1) is 13.8 Å². The molecule has 2 aromatic rings. The molecular weight excluding hydrogens is 475 g/mol. The molecule has 0 bridgehead atoms. The first-order chi connectivity index (χ1) is 12.6.